The number of hydrogen-bond acceptors (Lipinski definition) is 3. The van der Waals surface area contributed by atoms with E-state index < -0.39 is 17.9 Å². The Morgan fingerprint density at radius 1 is 1.35 bits per heavy atom. The molecule has 1 atom stereocenters. The highest BCUT2D eigenvalue weighted by Crippen LogP contribution is 2.18. The van der Waals surface area contributed by atoms with Crippen LogP contribution in [0.15, 0.2) is 34.7 Å². The van der Waals surface area contributed by atoms with Crippen molar-refractivity contribution < 1.29 is 19.1 Å². The molecular formula is C15H17NO4. The Hall–Kier alpha value is -2.30. The summed E-state index contributed by atoms with van der Waals surface area (Å²) < 4.78 is 5.41. The zero-order valence-corrected chi connectivity index (χ0v) is 11.3. The fraction of sp³-hybridized carbons (Fsp3) is 0.333. The molecule has 20 heavy (non-hydrogen) atoms. The van der Waals surface area contributed by atoms with Crippen LogP contribution in [0.2, 0.25) is 0 Å². The molecular weight excluding hydrogens is 258 g/mol. The van der Waals surface area contributed by atoms with Gasteiger partial charge in [-0.1, -0.05) is 38.0 Å². The van der Waals surface area contributed by atoms with Gasteiger partial charge in [-0.15, -0.1) is 0 Å². The maximum Gasteiger partial charge on any atom is 0.326 e. The number of rotatable bonds is 6. The van der Waals surface area contributed by atoms with E-state index in [1.165, 1.54) is 0 Å². The number of carbonyl (C=O) groups excluding carboxylic acids is 1. The van der Waals surface area contributed by atoms with Gasteiger partial charge in [-0.25, -0.2) is 4.79 Å². The first-order chi connectivity index (χ1) is 9.61. The van der Waals surface area contributed by atoms with Crippen LogP contribution in [-0.2, 0) is 4.79 Å². The molecule has 1 unspecified atom stereocenters. The van der Waals surface area contributed by atoms with Crippen LogP contribution in [0.5, 0.6) is 0 Å². The first-order valence-electron chi connectivity index (χ1n) is 6.64. The van der Waals surface area contributed by atoms with Gasteiger partial charge >= 0.3 is 5.97 Å². The zero-order chi connectivity index (χ0) is 14.5. The Kier molecular flexibility index (Phi) is 4.40. The molecule has 5 nitrogen and oxygen atoms in total. The quantitative estimate of drug-likeness (QED) is 0.849. The molecule has 0 aliphatic rings. The molecule has 2 rings (SSSR count). The Labute approximate surface area is 116 Å². The van der Waals surface area contributed by atoms with Crippen molar-refractivity contribution in [1.29, 1.82) is 0 Å². The van der Waals surface area contributed by atoms with E-state index in [4.69, 9.17) is 9.52 Å². The smallest absolute Gasteiger partial charge is 0.326 e. The van der Waals surface area contributed by atoms with Gasteiger partial charge in [-0.3, -0.25) is 4.79 Å². The van der Waals surface area contributed by atoms with Crippen molar-refractivity contribution in [2.75, 3.05) is 0 Å². The van der Waals surface area contributed by atoms with E-state index in [0.29, 0.717) is 12.0 Å². The van der Waals surface area contributed by atoms with E-state index in [0.717, 1.165) is 18.2 Å². The van der Waals surface area contributed by atoms with Crippen LogP contribution in [0.25, 0.3) is 11.0 Å². The molecule has 0 fully saturated rings. The average molecular weight is 275 g/mol. The van der Waals surface area contributed by atoms with Crippen molar-refractivity contribution >= 4 is 22.8 Å². The summed E-state index contributed by atoms with van der Waals surface area (Å²) in [6.45, 7) is 1.97. The molecule has 1 aromatic heterocycles. The number of aliphatic carboxylic acids is 1. The molecule has 0 saturated carbocycles. The highest BCUT2D eigenvalue weighted by Gasteiger charge is 2.21. The number of hydrogen-bond donors (Lipinski definition) is 2. The normalized spacial score (nSPS) is 12.2. The lowest BCUT2D eigenvalue weighted by atomic mass is 10.1. The summed E-state index contributed by atoms with van der Waals surface area (Å²) in [4.78, 5) is 23.1. The summed E-state index contributed by atoms with van der Waals surface area (Å²) in [7, 11) is 0. The maximum absolute atomic E-state index is 12.0. The van der Waals surface area contributed by atoms with Crippen molar-refractivity contribution in [3.8, 4) is 0 Å². The fourth-order valence-corrected chi connectivity index (χ4v) is 1.99. The van der Waals surface area contributed by atoms with E-state index in [9.17, 15) is 9.59 Å². The lowest BCUT2D eigenvalue weighted by Crippen LogP contribution is -2.40. The predicted molar refractivity (Wildman–Crippen MR) is 74.6 cm³/mol. The number of carboxylic acid groups (broad SMARTS) is 1. The van der Waals surface area contributed by atoms with Gasteiger partial charge in [-0.05, 0) is 18.6 Å². The van der Waals surface area contributed by atoms with Gasteiger partial charge in [0.25, 0.3) is 5.91 Å². The van der Waals surface area contributed by atoms with Gasteiger partial charge in [0.1, 0.15) is 11.6 Å². The molecule has 0 radical (unpaired) electrons. The average Bonchev–Trinajstić information content (AvgIpc) is 2.86. The van der Waals surface area contributed by atoms with Crippen LogP contribution >= 0.6 is 0 Å². The van der Waals surface area contributed by atoms with Crippen LogP contribution in [0, 0.1) is 0 Å². The number of benzene rings is 1. The second-order valence-corrected chi connectivity index (χ2v) is 4.65. The van der Waals surface area contributed by atoms with Crippen molar-refractivity contribution in [2.24, 2.45) is 0 Å². The highest BCUT2D eigenvalue weighted by molar-refractivity contribution is 5.97. The molecule has 0 bridgehead atoms. The SMILES string of the molecule is CCCCC(NC(=O)c1cc2ccccc2o1)C(=O)O. The van der Waals surface area contributed by atoms with Crippen LogP contribution in [0.3, 0.4) is 0 Å². The molecule has 106 valence electrons. The van der Waals surface area contributed by atoms with E-state index in [-0.39, 0.29) is 5.76 Å². The van der Waals surface area contributed by atoms with E-state index in [1.807, 2.05) is 25.1 Å². The van der Waals surface area contributed by atoms with E-state index >= 15 is 0 Å². The summed E-state index contributed by atoms with van der Waals surface area (Å²) in [5, 5.41) is 12.4. The van der Waals surface area contributed by atoms with Gasteiger partial charge in [0.05, 0.1) is 0 Å². The number of fused-ring (bicyclic) bond motifs is 1. The van der Waals surface area contributed by atoms with Crippen LogP contribution in [0.1, 0.15) is 36.7 Å². The molecule has 2 aromatic rings. The minimum Gasteiger partial charge on any atom is -0.480 e. The molecule has 0 spiro atoms. The van der Waals surface area contributed by atoms with Gasteiger partial charge < -0.3 is 14.8 Å². The minimum atomic E-state index is -1.03. The summed E-state index contributed by atoms with van der Waals surface area (Å²) in [5.74, 6) is -1.39. The van der Waals surface area contributed by atoms with Crippen molar-refractivity contribution in [3.05, 3.63) is 36.1 Å². The lowest BCUT2D eigenvalue weighted by molar-refractivity contribution is -0.139. The van der Waals surface area contributed by atoms with Crippen molar-refractivity contribution in [3.63, 3.8) is 0 Å². The van der Waals surface area contributed by atoms with Gasteiger partial charge in [0.2, 0.25) is 0 Å². The largest absolute Gasteiger partial charge is 0.480 e. The second kappa shape index (κ2) is 6.23. The monoisotopic (exact) mass is 275 g/mol. The number of furan rings is 1. The summed E-state index contributed by atoms with van der Waals surface area (Å²) in [6.07, 6.45) is 2.04. The molecule has 1 amide bonds. The van der Waals surface area contributed by atoms with Crippen LogP contribution in [0.4, 0.5) is 0 Å². The first-order valence-corrected chi connectivity index (χ1v) is 6.64. The lowest BCUT2D eigenvalue weighted by Gasteiger charge is -2.12. The fourth-order valence-electron chi connectivity index (χ4n) is 1.99. The third-order valence-corrected chi connectivity index (χ3v) is 3.10. The number of amides is 1. The van der Waals surface area contributed by atoms with Gasteiger partial charge in [0, 0.05) is 5.39 Å². The molecule has 1 aromatic carbocycles. The van der Waals surface area contributed by atoms with Gasteiger partial charge in [0.15, 0.2) is 5.76 Å². The van der Waals surface area contributed by atoms with Crippen molar-refractivity contribution in [2.45, 2.75) is 32.2 Å². The summed E-state index contributed by atoms with van der Waals surface area (Å²) >= 11 is 0. The van der Waals surface area contributed by atoms with E-state index in [2.05, 4.69) is 5.32 Å². The molecule has 5 heteroatoms. The van der Waals surface area contributed by atoms with Crippen molar-refractivity contribution in [1.82, 2.24) is 5.32 Å². The number of carbonyl (C=O) groups is 2. The van der Waals surface area contributed by atoms with Crippen LogP contribution in [-0.4, -0.2) is 23.0 Å². The minimum absolute atomic E-state index is 0.133. The standard InChI is InChI=1S/C15H17NO4/c1-2-3-7-11(15(18)19)16-14(17)13-9-10-6-4-5-8-12(10)20-13/h4-6,8-9,11H,2-3,7H2,1H3,(H,16,17)(H,18,19). The van der Waals surface area contributed by atoms with E-state index in [1.54, 1.807) is 12.1 Å². The highest BCUT2D eigenvalue weighted by atomic mass is 16.4. The third kappa shape index (κ3) is 3.17. The second-order valence-electron chi connectivity index (χ2n) is 4.65. The number of nitrogens with one attached hydrogen (secondary N) is 1. The number of unbranched alkanes of at least 4 members (excludes halogenated alkanes) is 1. The first kappa shape index (κ1) is 14.1. The summed E-state index contributed by atoms with van der Waals surface area (Å²) in [5.41, 5.74) is 0.609. The van der Waals surface area contributed by atoms with Gasteiger partial charge in [-0.2, -0.15) is 0 Å². The predicted octanol–water partition coefficient (Wildman–Crippen LogP) is 2.81. The Balaban J connectivity index is 2.11. The molecule has 2 N–H and O–H groups in total. The zero-order valence-electron chi connectivity index (χ0n) is 11.3. The Morgan fingerprint density at radius 2 is 2.10 bits per heavy atom. The molecule has 0 aliphatic heterocycles. The summed E-state index contributed by atoms with van der Waals surface area (Å²) in [6, 6.07) is 7.99. The Morgan fingerprint density at radius 3 is 2.75 bits per heavy atom. The number of para-hydroxylation sites is 1. The maximum atomic E-state index is 12.0. The third-order valence-electron chi connectivity index (χ3n) is 3.10. The number of carboxylic acids is 1. The topological polar surface area (TPSA) is 79.5 Å². The van der Waals surface area contributed by atoms with Crippen LogP contribution < -0.4 is 5.32 Å². The molecule has 0 aliphatic carbocycles. The Bertz CT molecular complexity index is 584. The molecule has 0 saturated heterocycles. The molecule has 1 heterocycles.